The number of rotatable bonds is 7. The summed E-state index contributed by atoms with van der Waals surface area (Å²) in [6, 6.07) is 12.1. The lowest BCUT2D eigenvalue weighted by molar-refractivity contribution is -0.123. The van der Waals surface area contributed by atoms with Crippen LogP contribution in [0.3, 0.4) is 0 Å². The van der Waals surface area contributed by atoms with Crippen LogP contribution in [0.1, 0.15) is 53.0 Å². The molecule has 1 aliphatic heterocycles. The highest BCUT2D eigenvalue weighted by Crippen LogP contribution is 2.32. The van der Waals surface area contributed by atoms with Crippen LogP contribution in [0.2, 0.25) is 0 Å². The monoisotopic (exact) mass is 455 g/mol. The van der Waals surface area contributed by atoms with Gasteiger partial charge in [0.2, 0.25) is 5.91 Å². The van der Waals surface area contributed by atoms with Gasteiger partial charge in [0.15, 0.2) is 0 Å². The maximum Gasteiger partial charge on any atom is 0.269 e. The van der Waals surface area contributed by atoms with E-state index in [-0.39, 0.29) is 28.0 Å². The molecule has 2 N–H and O–H groups in total. The number of benzene rings is 2. The Kier molecular flexibility index (Phi) is 5.77. The molecule has 32 heavy (non-hydrogen) atoms. The number of nitrogens with one attached hydrogen (secondary N) is 2. The molecule has 1 fully saturated rings. The molecule has 1 unspecified atom stereocenters. The summed E-state index contributed by atoms with van der Waals surface area (Å²) >= 11 is 0. The summed E-state index contributed by atoms with van der Waals surface area (Å²) in [6.07, 6.45) is 2.13. The number of carbonyl (C=O) groups excluding carboxylic acids is 3. The second kappa shape index (κ2) is 8.38. The second-order valence-corrected chi connectivity index (χ2v) is 10.2. The number of nitrogens with zero attached hydrogens (tertiary/aromatic N) is 1. The largest absolute Gasteiger partial charge is 0.352 e. The third-order valence-electron chi connectivity index (χ3n) is 5.51. The molecule has 1 heterocycles. The highest BCUT2D eigenvalue weighted by Gasteiger charge is 2.43. The highest BCUT2D eigenvalue weighted by atomic mass is 32.2. The van der Waals surface area contributed by atoms with Crippen LogP contribution in [-0.4, -0.2) is 48.6 Å². The normalized spacial score (nSPS) is 17.7. The van der Waals surface area contributed by atoms with Gasteiger partial charge >= 0.3 is 0 Å². The lowest BCUT2D eigenvalue weighted by Gasteiger charge is -2.19. The van der Waals surface area contributed by atoms with E-state index in [0.717, 1.165) is 22.7 Å². The van der Waals surface area contributed by atoms with Gasteiger partial charge < -0.3 is 10.6 Å². The van der Waals surface area contributed by atoms with E-state index in [1.54, 1.807) is 13.8 Å². The Morgan fingerprint density at radius 1 is 1.09 bits per heavy atom. The zero-order valence-corrected chi connectivity index (χ0v) is 18.7. The summed E-state index contributed by atoms with van der Waals surface area (Å²) in [5, 5.41) is 5.64. The van der Waals surface area contributed by atoms with Crippen molar-refractivity contribution < 1.29 is 22.8 Å². The number of amides is 3. The molecule has 2 aromatic rings. The van der Waals surface area contributed by atoms with Crippen molar-refractivity contribution in [3.63, 3.8) is 0 Å². The highest BCUT2D eigenvalue weighted by molar-refractivity contribution is 7.90. The summed E-state index contributed by atoms with van der Waals surface area (Å²) in [5.74, 6) is -1.46. The Labute approximate surface area is 187 Å². The van der Waals surface area contributed by atoms with Crippen LogP contribution in [-0.2, 0) is 21.2 Å². The molecule has 2 aromatic carbocycles. The fourth-order valence-corrected chi connectivity index (χ4v) is 5.52. The van der Waals surface area contributed by atoms with Crippen LogP contribution < -0.4 is 10.6 Å². The molecule has 1 aliphatic carbocycles. The molecule has 0 radical (unpaired) electrons. The molecular formula is C23H25N3O5S. The van der Waals surface area contributed by atoms with Gasteiger partial charge in [0.1, 0.15) is 10.9 Å². The molecule has 4 rings (SSSR count). The van der Waals surface area contributed by atoms with E-state index in [2.05, 4.69) is 10.6 Å². The Morgan fingerprint density at radius 3 is 2.41 bits per heavy atom. The van der Waals surface area contributed by atoms with Gasteiger partial charge in [-0.1, -0.05) is 30.3 Å². The molecule has 2 aliphatic rings. The van der Waals surface area contributed by atoms with E-state index in [4.69, 9.17) is 0 Å². The van der Waals surface area contributed by atoms with E-state index in [0.29, 0.717) is 6.42 Å². The third-order valence-corrected chi connectivity index (χ3v) is 7.51. The molecule has 3 amide bonds. The number of sulfonamides is 1. The lowest BCUT2D eigenvalue weighted by Crippen LogP contribution is -2.48. The molecule has 8 nitrogen and oxygen atoms in total. The van der Waals surface area contributed by atoms with Crippen molar-refractivity contribution in [1.82, 2.24) is 14.9 Å². The van der Waals surface area contributed by atoms with E-state index in [1.807, 2.05) is 30.3 Å². The number of fused-ring (bicyclic) bond motifs is 1. The lowest BCUT2D eigenvalue weighted by atomic mass is 10.0. The molecular weight excluding hydrogens is 430 g/mol. The third kappa shape index (κ3) is 4.25. The minimum absolute atomic E-state index is 0.0440. The number of carbonyl (C=O) groups is 3. The molecule has 0 spiro atoms. The maximum absolute atomic E-state index is 13.0. The fraction of sp³-hybridized carbons (Fsp3) is 0.348. The van der Waals surface area contributed by atoms with Crippen LogP contribution in [0.4, 0.5) is 0 Å². The Bertz CT molecular complexity index is 1170. The molecule has 0 saturated heterocycles. The van der Waals surface area contributed by atoms with Gasteiger partial charge in [-0.25, -0.2) is 12.7 Å². The fourth-order valence-electron chi connectivity index (χ4n) is 3.73. The zero-order chi connectivity index (χ0) is 23.0. The Morgan fingerprint density at radius 2 is 1.78 bits per heavy atom. The van der Waals surface area contributed by atoms with E-state index < -0.39 is 33.9 Å². The van der Waals surface area contributed by atoms with Crippen LogP contribution in [0.15, 0.2) is 53.4 Å². The first-order chi connectivity index (χ1) is 15.2. The van der Waals surface area contributed by atoms with Gasteiger partial charge in [-0.15, -0.1) is 0 Å². The number of hydrogen-bond donors (Lipinski definition) is 2. The molecule has 1 atom stereocenters. The summed E-state index contributed by atoms with van der Waals surface area (Å²) in [6.45, 7) is 3.23. The molecule has 0 aromatic heterocycles. The van der Waals surface area contributed by atoms with E-state index in [9.17, 15) is 22.8 Å². The van der Waals surface area contributed by atoms with Crippen LogP contribution in [0.25, 0.3) is 0 Å². The van der Waals surface area contributed by atoms with Gasteiger partial charge in [0, 0.05) is 24.1 Å². The van der Waals surface area contributed by atoms with Crippen molar-refractivity contribution in [2.24, 2.45) is 0 Å². The van der Waals surface area contributed by atoms with Crippen LogP contribution in [0.5, 0.6) is 0 Å². The topological polar surface area (TPSA) is 113 Å². The van der Waals surface area contributed by atoms with Gasteiger partial charge in [-0.3, -0.25) is 14.4 Å². The molecule has 0 bridgehead atoms. The minimum Gasteiger partial charge on any atom is -0.352 e. The van der Waals surface area contributed by atoms with E-state index >= 15 is 0 Å². The van der Waals surface area contributed by atoms with Crippen LogP contribution in [0, 0.1) is 0 Å². The van der Waals surface area contributed by atoms with Gasteiger partial charge in [-0.05, 0) is 50.5 Å². The molecule has 168 valence electrons. The number of hydrogen-bond acceptors (Lipinski definition) is 5. The first-order valence-corrected chi connectivity index (χ1v) is 12.0. The summed E-state index contributed by atoms with van der Waals surface area (Å²) < 4.78 is 26.5. The summed E-state index contributed by atoms with van der Waals surface area (Å²) in [7, 11) is -4.03. The van der Waals surface area contributed by atoms with Crippen molar-refractivity contribution in [3.8, 4) is 0 Å². The average Bonchev–Trinajstić information content (AvgIpc) is 3.53. The first kappa shape index (κ1) is 22.0. The quantitative estimate of drug-likeness (QED) is 0.662. The van der Waals surface area contributed by atoms with Crippen molar-refractivity contribution in [3.05, 3.63) is 65.2 Å². The zero-order valence-electron chi connectivity index (χ0n) is 17.9. The molecule has 9 heteroatoms. The smallest absolute Gasteiger partial charge is 0.269 e. The predicted molar refractivity (Wildman–Crippen MR) is 117 cm³/mol. The van der Waals surface area contributed by atoms with Gasteiger partial charge in [-0.2, -0.15) is 0 Å². The Hall–Kier alpha value is -3.20. The molecule has 1 saturated carbocycles. The standard InChI is InChI=1S/C23H25N3O5S/c1-14(2)26-23(29)18-11-8-16(13-20(18)32(26,30)31)21(27)25-19(22(28)24-17-9-10-17)12-15-6-4-3-5-7-15/h3-8,11,13-14,17,19H,9-10,12H2,1-2H3,(H,24,28)(H,25,27). The maximum atomic E-state index is 13.0. The van der Waals surface area contributed by atoms with Crippen LogP contribution >= 0.6 is 0 Å². The van der Waals surface area contributed by atoms with Crippen molar-refractivity contribution in [1.29, 1.82) is 0 Å². The van der Waals surface area contributed by atoms with E-state index in [1.165, 1.54) is 18.2 Å². The Balaban J connectivity index is 1.58. The SMILES string of the molecule is CC(C)N1C(=O)c2ccc(C(=O)NC(Cc3ccccc3)C(=O)NC3CC3)cc2S1(=O)=O. The summed E-state index contributed by atoms with van der Waals surface area (Å²) in [4.78, 5) is 38.0. The van der Waals surface area contributed by atoms with Gasteiger partial charge in [0.25, 0.3) is 21.8 Å². The van der Waals surface area contributed by atoms with Crippen molar-refractivity contribution in [2.75, 3.05) is 0 Å². The summed E-state index contributed by atoms with van der Waals surface area (Å²) in [5.41, 5.74) is 1.00. The van der Waals surface area contributed by atoms with Crippen molar-refractivity contribution in [2.45, 2.75) is 56.1 Å². The van der Waals surface area contributed by atoms with Gasteiger partial charge in [0.05, 0.1) is 5.56 Å². The second-order valence-electron chi connectivity index (χ2n) is 8.41. The first-order valence-electron chi connectivity index (χ1n) is 10.6. The minimum atomic E-state index is -4.03. The average molecular weight is 456 g/mol. The predicted octanol–water partition coefficient (Wildman–Crippen LogP) is 1.86. The van der Waals surface area contributed by atoms with Crippen molar-refractivity contribution >= 4 is 27.7 Å².